The Hall–Kier alpha value is -0.970. The van der Waals surface area contributed by atoms with Crippen LogP contribution in [0.15, 0.2) is 40.9 Å². The monoisotopic (exact) mass is 345 g/mol. The van der Waals surface area contributed by atoms with E-state index in [-0.39, 0.29) is 16.9 Å². The van der Waals surface area contributed by atoms with Crippen molar-refractivity contribution in [1.82, 2.24) is 0 Å². The summed E-state index contributed by atoms with van der Waals surface area (Å²) in [5.74, 6) is -0.811. The Morgan fingerprint density at radius 2 is 1.89 bits per heavy atom. The van der Waals surface area contributed by atoms with Crippen LogP contribution in [0.25, 0.3) is 0 Å². The quantitative estimate of drug-likeness (QED) is 0.862. The molecular weight excluding hydrogens is 336 g/mol. The van der Waals surface area contributed by atoms with Gasteiger partial charge in [-0.05, 0) is 41.8 Å². The molecule has 0 aromatic heterocycles. The molecule has 0 bridgehead atoms. The summed E-state index contributed by atoms with van der Waals surface area (Å²) in [7, 11) is 0. The highest BCUT2D eigenvalue weighted by molar-refractivity contribution is 9.10. The summed E-state index contributed by atoms with van der Waals surface area (Å²) in [4.78, 5) is 0. The second kappa shape index (κ2) is 5.99. The van der Waals surface area contributed by atoms with Crippen molar-refractivity contribution in [2.45, 2.75) is 12.5 Å². The first-order valence-corrected chi connectivity index (χ1v) is 6.79. The third-order valence-electron chi connectivity index (χ3n) is 2.83. The van der Waals surface area contributed by atoms with E-state index < -0.39 is 5.82 Å². The van der Waals surface area contributed by atoms with E-state index in [0.717, 1.165) is 5.56 Å². The van der Waals surface area contributed by atoms with Crippen LogP contribution in [0.1, 0.15) is 17.2 Å². The first-order valence-electron chi connectivity index (χ1n) is 5.62. The van der Waals surface area contributed by atoms with E-state index in [1.54, 1.807) is 12.1 Å². The fourth-order valence-corrected chi connectivity index (χ4v) is 2.42. The van der Waals surface area contributed by atoms with Crippen molar-refractivity contribution < 1.29 is 8.78 Å². The van der Waals surface area contributed by atoms with E-state index in [1.807, 2.05) is 0 Å². The summed E-state index contributed by atoms with van der Waals surface area (Å²) in [6.45, 7) is 0. The van der Waals surface area contributed by atoms with Crippen LogP contribution in [0.2, 0.25) is 5.02 Å². The van der Waals surface area contributed by atoms with Gasteiger partial charge in [0.1, 0.15) is 11.6 Å². The standard InChI is InChI=1S/C14H11BrClF2N/c15-11-7-10(17)3-1-8(11)6-14(19)9-2-4-12(16)13(18)5-9/h1-5,7,14H,6,19H2. The summed E-state index contributed by atoms with van der Waals surface area (Å²) in [5.41, 5.74) is 7.54. The van der Waals surface area contributed by atoms with Gasteiger partial charge in [-0.1, -0.05) is 39.7 Å². The smallest absolute Gasteiger partial charge is 0.142 e. The fraction of sp³-hybridized carbons (Fsp3) is 0.143. The molecule has 0 saturated heterocycles. The van der Waals surface area contributed by atoms with Crippen molar-refractivity contribution in [1.29, 1.82) is 0 Å². The minimum Gasteiger partial charge on any atom is -0.324 e. The molecule has 0 amide bonds. The lowest BCUT2D eigenvalue weighted by Gasteiger charge is -2.14. The van der Waals surface area contributed by atoms with Gasteiger partial charge in [0.15, 0.2) is 0 Å². The molecule has 19 heavy (non-hydrogen) atoms. The Morgan fingerprint density at radius 3 is 2.53 bits per heavy atom. The average molecular weight is 347 g/mol. The van der Waals surface area contributed by atoms with Crippen LogP contribution in [0, 0.1) is 11.6 Å². The molecule has 2 rings (SSSR count). The molecule has 0 heterocycles. The number of benzene rings is 2. The third-order valence-corrected chi connectivity index (χ3v) is 3.87. The van der Waals surface area contributed by atoms with Gasteiger partial charge in [-0.3, -0.25) is 0 Å². The molecule has 5 heteroatoms. The zero-order valence-electron chi connectivity index (χ0n) is 9.84. The molecular formula is C14H11BrClF2N. The predicted octanol–water partition coefficient (Wildman–Crippen LogP) is 4.62. The molecule has 2 N–H and O–H groups in total. The van der Waals surface area contributed by atoms with Crippen molar-refractivity contribution in [3.05, 3.63) is 68.7 Å². The molecule has 2 aromatic carbocycles. The van der Waals surface area contributed by atoms with E-state index in [9.17, 15) is 8.78 Å². The zero-order chi connectivity index (χ0) is 14.0. The van der Waals surface area contributed by atoms with Gasteiger partial charge in [-0.15, -0.1) is 0 Å². The summed E-state index contributed by atoms with van der Waals surface area (Å²) in [6, 6.07) is 8.52. The van der Waals surface area contributed by atoms with Gasteiger partial charge in [0.25, 0.3) is 0 Å². The Bertz CT molecular complexity index is 604. The molecule has 0 aliphatic carbocycles. The molecule has 0 fully saturated rings. The lowest BCUT2D eigenvalue weighted by atomic mass is 9.99. The molecule has 0 aliphatic rings. The lowest BCUT2D eigenvalue weighted by Crippen LogP contribution is -2.14. The highest BCUT2D eigenvalue weighted by atomic mass is 79.9. The summed E-state index contributed by atoms with van der Waals surface area (Å²) in [6.07, 6.45) is 0.474. The maximum absolute atomic E-state index is 13.4. The Kier molecular flexibility index (Phi) is 4.55. The van der Waals surface area contributed by atoms with Crippen LogP contribution >= 0.6 is 27.5 Å². The highest BCUT2D eigenvalue weighted by Gasteiger charge is 2.12. The molecule has 1 nitrogen and oxygen atoms in total. The van der Waals surface area contributed by atoms with E-state index >= 15 is 0 Å². The predicted molar refractivity (Wildman–Crippen MR) is 76.1 cm³/mol. The number of halogens is 4. The first kappa shape index (κ1) is 14.4. The normalized spacial score (nSPS) is 12.5. The molecule has 0 saturated carbocycles. The number of nitrogens with two attached hydrogens (primary N) is 1. The fourth-order valence-electron chi connectivity index (χ4n) is 1.79. The topological polar surface area (TPSA) is 26.0 Å². The van der Waals surface area contributed by atoms with Crippen molar-refractivity contribution in [3.8, 4) is 0 Å². The van der Waals surface area contributed by atoms with Crippen molar-refractivity contribution >= 4 is 27.5 Å². The van der Waals surface area contributed by atoms with Gasteiger partial charge in [0.05, 0.1) is 5.02 Å². The Morgan fingerprint density at radius 1 is 1.16 bits per heavy atom. The minimum absolute atomic E-state index is 0.0684. The van der Waals surface area contributed by atoms with Gasteiger partial charge in [0.2, 0.25) is 0 Å². The van der Waals surface area contributed by atoms with Gasteiger partial charge in [0, 0.05) is 10.5 Å². The van der Waals surface area contributed by atoms with Crippen LogP contribution < -0.4 is 5.73 Å². The van der Waals surface area contributed by atoms with Gasteiger partial charge in [-0.25, -0.2) is 8.78 Å². The van der Waals surface area contributed by atoms with Gasteiger partial charge < -0.3 is 5.73 Å². The second-order valence-corrected chi connectivity index (χ2v) is 5.48. The largest absolute Gasteiger partial charge is 0.324 e. The molecule has 100 valence electrons. The van der Waals surface area contributed by atoms with E-state index in [2.05, 4.69) is 15.9 Å². The number of hydrogen-bond donors (Lipinski definition) is 1. The highest BCUT2D eigenvalue weighted by Crippen LogP contribution is 2.25. The van der Waals surface area contributed by atoms with Crippen LogP contribution in [0.5, 0.6) is 0 Å². The minimum atomic E-state index is -0.493. The average Bonchev–Trinajstić information content (AvgIpc) is 2.36. The molecule has 0 aliphatic heterocycles. The molecule has 0 radical (unpaired) electrons. The second-order valence-electron chi connectivity index (χ2n) is 4.22. The van der Waals surface area contributed by atoms with Crippen LogP contribution in [0.4, 0.5) is 8.78 Å². The molecule has 2 aromatic rings. The SMILES string of the molecule is NC(Cc1ccc(F)cc1Br)c1ccc(Cl)c(F)c1. The van der Waals surface area contributed by atoms with Crippen molar-refractivity contribution in [2.75, 3.05) is 0 Å². The van der Waals surface area contributed by atoms with E-state index in [4.69, 9.17) is 17.3 Å². The zero-order valence-corrected chi connectivity index (χ0v) is 12.2. The first-order chi connectivity index (χ1) is 8.97. The van der Waals surface area contributed by atoms with Crippen molar-refractivity contribution in [2.24, 2.45) is 5.73 Å². The maximum Gasteiger partial charge on any atom is 0.142 e. The third kappa shape index (κ3) is 3.53. The Balaban J connectivity index is 2.20. The Labute approximate surface area is 123 Å². The summed E-state index contributed by atoms with van der Waals surface area (Å²) in [5, 5.41) is 0.0684. The van der Waals surface area contributed by atoms with Gasteiger partial charge in [-0.2, -0.15) is 0 Å². The molecule has 1 atom stereocenters. The molecule has 1 unspecified atom stereocenters. The maximum atomic E-state index is 13.4. The summed E-state index contributed by atoms with van der Waals surface area (Å²) < 4.78 is 27.0. The van der Waals surface area contributed by atoms with E-state index in [0.29, 0.717) is 16.5 Å². The van der Waals surface area contributed by atoms with E-state index in [1.165, 1.54) is 24.3 Å². The lowest BCUT2D eigenvalue weighted by molar-refractivity contribution is 0.617. The summed E-state index contributed by atoms with van der Waals surface area (Å²) >= 11 is 8.91. The van der Waals surface area contributed by atoms with Crippen LogP contribution in [-0.4, -0.2) is 0 Å². The van der Waals surface area contributed by atoms with Crippen molar-refractivity contribution in [3.63, 3.8) is 0 Å². The van der Waals surface area contributed by atoms with Crippen LogP contribution in [-0.2, 0) is 6.42 Å². The number of hydrogen-bond acceptors (Lipinski definition) is 1. The number of rotatable bonds is 3. The molecule has 0 spiro atoms. The van der Waals surface area contributed by atoms with Crippen LogP contribution in [0.3, 0.4) is 0 Å². The van der Waals surface area contributed by atoms with Gasteiger partial charge >= 0.3 is 0 Å².